The maximum absolute atomic E-state index is 5.20. The smallest absolute Gasteiger partial charge is 0.0590 e. The SMILES string of the molecule is CCOCCNCCC(C)SC. The molecule has 0 aromatic carbocycles. The highest BCUT2D eigenvalue weighted by Gasteiger charge is 1.96. The van der Waals surface area contributed by atoms with Crippen LogP contribution in [0, 0.1) is 0 Å². The topological polar surface area (TPSA) is 21.3 Å². The number of rotatable bonds is 8. The number of thioether (sulfide) groups is 1. The van der Waals surface area contributed by atoms with Gasteiger partial charge in [0.1, 0.15) is 0 Å². The van der Waals surface area contributed by atoms with Crippen LogP contribution < -0.4 is 5.32 Å². The highest BCUT2D eigenvalue weighted by Crippen LogP contribution is 2.07. The number of nitrogens with one attached hydrogen (secondary N) is 1. The molecule has 0 fully saturated rings. The van der Waals surface area contributed by atoms with E-state index in [1.54, 1.807) is 0 Å². The molecule has 0 radical (unpaired) electrons. The standard InChI is InChI=1S/C9H21NOS/c1-4-11-8-7-10-6-5-9(2)12-3/h9-10H,4-8H2,1-3H3. The van der Waals surface area contributed by atoms with E-state index < -0.39 is 0 Å². The van der Waals surface area contributed by atoms with Crippen LogP contribution in [-0.2, 0) is 4.74 Å². The van der Waals surface area contributed by atoms with Crippen molar-refractivity contribution in [3.05, 3.63) is 0 Å². The second-order valence-electron chi connectivity index (χ2n) is 2.78. The van der Waals surface area contributed by atoms with Gasteiger partial charge < -0.3 is 10.1 Å². The fraction of sp³-hybridized carbons (Fsp3) is 1.00. The van der Waals surface area contributed by atoms with Gasteiger partial charge in [-0.2, -0.15) is 11.8 Å². The number of hydrogen-bond acceptors (Lipinski definition) is 3. The van der Waals surface area contributed by atoms with E-state index >= 15 is 0 Å². The molecule has 74 valence electrons. The van der Waals surface area contributed by atoms with Crippen molar-refractivity contribution in [1.29, 1.82) is 0 Å². The van der Waals surface area contributed by atoms with E-state index in [0.29, 0.717) is 0 Å². The van der Waals surface area contributed by atoms with Gasteiger partial charge in [-0.3, -0.25) is 0 Å². The summed E-state index contributed by atoms with van der Waals surface area (Å²) in [7, 11) is 0. The molecule has 0 spiro atoms. The molecule has 12 heavy (non-hydrogen) atoms. The minimum atomic E-state index is 0.768. The predicted octanol–water partition coefficient (Wildman–Crippen LogP) is 1.75. The van der Waals surface area contributed by atoms with Crippen LogP contribution in [0.15, 0.2) is 0 Å². The molecule has 0 aromatic rings. The summed E-state index contributed by atoms with van der Waals surface area (Å²) in [4.78, 5) is 0. The first-order valence-electron chi connectivity index (χ1n) is 4.62. The third-order valence-electron chi connectivity index (χ3n) is 1.76. The fourth-order valence-corrected chi connectivity index (χ4v) is 1.19. The average molecular weight is 191 g/mol. The molecule has 0 saturated heterocycles. The lowest BCUT2D eigenvalue weighted by Gasteiger charge is -2.08. The van der Waals surface area contributed by atoms with E-state index in [1.807, 2.05) is 18.7 Å². The number of ether oxygens (including phenoxy) is 1. The highest BCUT2D eigenvalue weighted by atomic mass is 32.2. The van der Waals surface area contributed by atoms with Crippen LogP contribution in [-0.4, -0.2) is 37.8 Å². The average Bonchev–Trinajstić information content (AvgIpc) is 2.10. The molecule has 1 unspecified atom stereocenters. The Bertz CT molecular complexity index is 90.6. The number of hydrogen-bond donors (Lipinski definition) is 1. The zero-order chi connectivity index (χ0) is 9.23. The zero-order valence-corrected chi connectivity index (χ0v) is 9.25. The Morgan fingerprint density at radius 3 is 2.75 bits per heavy atom. The Morgan fingerprint density at radius 2 is 2.17 bits per heavy atom. The summed E-state index contributed by atoms with van der Waals surface area (Å²) in [6.45, 7) is 8.03. The van der Waals surface area contributed by atoms with Crippen molar-refractivity contribution in [1.82, 2.24) is 5.32 Å². The van der Waals surface area contributed by atoms with Crippen molar-refractivity contribution in [2.24, 2.45) is 0 Å². The maximum atomic E-state index is 5.20. The van der Waals surface area contributed by atoms with Crippen molar-refractivity contribution in [3.63, 3.8) is 0 Å². The summed E-state index contributed by atoms with van der Waals surface area (Å²) in [5.41, 5.74) is 0. The highest BCUT2D eigenvalue weighted by molar-refractivity contribution is 7.99. The molecule has 0 saturated carbocycles. The lowest BCUT2D eigenvalue weighted by Crippen LogP contribution is -2.22. The molecule has 1 N–H and O–H groups in total. The Kier molecular flexibility index (Phi) is 9.57. The molecule has 0 aromatic heterocycles. The van der Waals surface area contributed by atoms with Gasteiger partial charge in [-0.1, -0.05) is 6.92 Å². The minimum absolute atomic E-state index is 0.768. The van der Waals surface area contributed by atoms with Gasteiger partial charge in [-0.25, -0.2) is 0 Å². The predicted molar refractivity (Wildman–Crippen MR) is 57.0 cm³/mol. The molecule has 2 nitrogen and oxygen atoms in total. The van der Waals surface area contributed by atoms with E-state index in [9.17, 15) is 0 Å². The largest absolute Gasteiger partial charge is 0.380 e. The van der Waals surface area contributed by atoms with Gasteiger partial charge in [0.2, 0.25) is 0 Å². The first kappa shape index (κ1) is 12.3. The Morgan fingerprint density at radius 1 is 1.42 bits per heavy atom. The normalized spacial score (nSPS) is 13.2. The lowest BCUT2D eigenvalue weighted by atomic mass is 10.3. The van der Waals surface area contributed by atoms with Gasteiger partial charge in [0.05, 0.1) is 6.61 Å². The maximum Gasteiger partial charge on any atom is 0.0590 e. The second kappa shape index (κ2) is 9.36. The van der Waals surface area contributed by atoms with Gasteiger partial charge in [0, 0.05) is 18.4 Å². The summed E-state index contributed by atoms with van der Waals surface area (Å²) in [6.07, 6.45) is 3.40. The van der Waals surface area contributed by atoms with Crippen LogP contribution >= 0.6 is 11.8 Å². The Balaban J connectivity index is 2.90. The summed E-state index contributed by atoms with van der Waals surface area (Å²) < 4.78 is 5.20. The summed E-state index contributed by atoms with van der Waals surface area (Å²) in [6, 6.07) is 0. The van der Waals surface area contributed by atoms with Gasteiger partial charge in [0.15, 0.2) is 0 Å². The molecular formula is C9H21NOS. The Labute approximate surface area is 80.4 Å². The molecular weight excluding hydrogens is 170 g/mol. The molecule has 0 aliphatic rings. The van der Waals surface area contributed by atoms with E-state index in [1.165, 1.54) is 6.42 Å². The molecule has 0 heterocycles. The van der Waals surface area contributed by atoms with Crippen LogP contribution in [0.1, 0.15) is 20.3 Å². The van der Waals surface area contributed by atoms with Crippen molar-refractivity contribution in [3.8, 4) is 0 Å². The van der Waals surface area contributed by atoms with Crippen LogP contribution in [0.2, 0.25) is 0 Å². The Hall–Kier alpha value is 0.270. The molecule has 0 amide bonds. The monoisotopic (exact) mass is 191 g/mol. The van der Waals surface area contributed by atoms with Gasteiger partial charge in [0.25, 0.3) is 0 Å². The third kappa shape index (κ3) is 8.37. The second-order valence-corrected chi connectivity index (χ2v) is 4.06. The van der Waals surface area contributed by atoms with Gasteiger partial charge in [-0.15, -0.1) is 0 Å². The summed E-state index contributed by atoms with van der Waals surface area (Å²) in [5.74, 6) is 0. The van der Waals surface area contributed by atoms with Crippen molar-refractivity contribution < 1.29 is 4.74 Å². The molecule has 0 aliphatic heterocycles. The first-order valence-corrected chi connectivity index (χ1v) is 5.91. The molecule has 0 aliphatic carbocycles. The van der Waals surface area contributed by atoms with Crippen LogP contribution in [0.5, 0.6) is 0 Å². The van der Waals surface area contributed by atoms with Crippen molar-refractivity contribution >= 4 is 11.8 Å². The molecule has 1 atom stereocenters. The van der Waals surface area contributed by atoms with E-state index in [0.717, 1.165) is 31.6 Å². The van der Waals surface area contributed by atoms with Crippen molar-refractivity contribution in [2.75, 3.05) is 32.6 Å². The van der Waals surface area contributed by atoms with E-state index in [2.05, 4.69) is 18.5 Å². The first-order chi connectivity index (χ1) is 5.81. The lowest BCUT2D eigenvalue weighted by molar-refractivity contribution is 0.149. The zero-order valence-electron chi connectivity index (χ0n) is 8.43. The summed E-state index contributed by atoms with van der Waals surface area (Å²) in [5, 5.41) is 4.12. The van der Waals surface area contributed by atoms with E-state index in [4.69, 9.17) is 4.74 Å². The summed E-state index contributed by atoms with van der Waals surface area (Å²) >= 11 is 1.92. The van der Waals surface area contributed by atoms with Crippen LogP contribution in [0.25, 0.3) is 0 Å². The fourth-order valence-electron chi connectivity index (χ4n) is 0.837. The van der Waals surface area contributed by atoms with Crippen LogP contribution in [0.3, 0.4) is 0 Å². The van der Waals surface area contributed by atoms with E-state index in [-0.39, 0.29) is 0 Å². The third-order valence-corrected chi connectivity index (χ3v) is 2.80. The van der Waals surface area contributed by atoms with Crippen molar-refractivity contribution in [2.45, 2.75) is 25.5 Å². The molecule has 0 bridgehead atoms. The van der Waals surface area contributed by atoms with Gasteiger partial charge in [-0.05, 0) is 26.1 Å². The minimum Gasteiger partial charge on any atom is -0.380 e. The van der Waals surface area contributed by atoms with Crippen LogP contribution in [0.4, 0.5) is 0 Å². The quantitative estimate of drug-likeness (QED) is 0.591. The molecule has 0 rings (SSSR count). The van der Waals surface area contributed by atoms with Gasteiger partial charge >= 0.3 is 0 Å². The molecule has 3 heteroatoms.